The maximum absolute atomic E-state index is 6.90. The van der Waals surface area contributed by atoms with Crippen LogP contribution in [0.25, 0.3) is 105 Å². The Morgan fingerprint density at radius 3 is 1.63 bits per heavy atom. The summed E-state index contributed by atoms with van der Waals surface area (Å²) in [6.45, 7) is 0. The second-order valence-corrected chi connectivity index (χ2v) is 13.2. The lowest BCUT2D eigenvalue weighted by molar-refractivity contribution is 0.667. The van der Waals surface area contributed by atoms with Crippen LogP contribution in [0.15, 0.2) is 174 Å². The first kappa shape index (κ1) is 28.7. The number of hydrogen-bond acceptors (Lipinski definition) is 4. The predicted octanol–water partition coefficient (Wildman–Crippen LogP) is 12.2. The van der Waals surface area contributed by atoms with Crippen LogP contribution in [0.2, 0.25) is 0 Å². The SMILES string of the molecule is c1ccc(-c2nc(-c3ccccc3)nc(-c3ccc4oc5c(-n6c7ccccc7c7cc8ccccc8cc76)c6ccccc6cc5c4c3)n2)cc1. The first-order chi connectivity index (χ1) is 25.8. The van der Waals surface area contributed by atoms with E-state index in [1.54, 1.807) is 0 Å². The van der Waals surface area contributed by atoms with Crippen molar-refractivity contribution in [3.05, 3.63) is 170 Å². The zero-order chi connectivity index (χ0) is 34.2. The third kappa shape index (κ3) is 4.39. The van der Waals surface area contributed by atoms with Crippen molar-refractivity contribution in [3.8, 4) is 39.9 Å². The molecule has 5 nitrogen and oxygen atoms in total. The van der Waals surface area contributed by atoms with Crippen LogP contribution >= 0.6 is 0 Å². The van der Waals surface area contributed by atoms with Gasteiger partial charge in [-0.15, -0.1) is 0 Å². The van der Waals surface area contributed by atoms with Crippen LogP contribution in [-0.4, -0.2) is 19.5 Å². The Morgan fingerprint density at radius 1 is 0.365 bits per heavy atom. The molecule has 11 aromatic rings. The molecule has 0 aliphatic carbocycles. The van der Waals surface area contributed by atoms with E-state index in [2.05, 4.69) is 108 Å². The van der Waals surface area contributed by atoms with Gasteiger partial charge in [-0.25, -0.2) is 15.0 Å². The second-order valence-electron chi connectivity index (χ2n) is 13.2. The average molecular weight is 665 g/mol. The summed E-state index contributed by atoms with van der Waals surface area (Å²) in [7, 11) is 0. The van der Waals surface area contributed by atoms with Gasteiger partial charge in [0, 0.05) is 43.6 Å². The van der Waals surface area contributed by atoms with E-state index in [0.717, 1.165) is 66.1 Å². The zero-order valence-corrected chi connectivity index (χ0v) is 27.9. The van der Waals surface area contributed by atoms with E-state index >= 15 is 0 Å². The van der Waals surface area contributed by atoms with Crippen molar-refractivity contribution < 1.29 is 4.42 Å². The number of rotatable bonds is 4. The minimum atomic E-state index is 0.610. The molecule has 0 aliphatic heterocycles. The topological polar surface area (TPSA) is 56.7 Å². The Kier molecular flexibility index (Phi) is 6.18. The summed E-state index contributed by atoms with van der Waals surface area (Å²) < 4.78 is 9.30. The molecule has 5 heteroatoms. The molecule has 0 aliphatic rings. The highest BCUT2D eigenvalue weighted by molar-refractivity contribution is 6.20. The summed E-state index contributed by atoms with van der Waals surface area (Å²) in [6, 6.07) is 59.2. The maximum Gasteiger partial charge on any atom is 0.164 e. The lowest BCUT2D eigenvalue weighted by Gasteiger charge is -2.13. The Bertz CT molecular complexity index is 3120. The molecule has 3 aromatic heterocycles. The van der Waals surface area contributed by atoms with Crippen LogP contribution in [-0.2, 0) is 0 Å². The fraction of sp³-hybridized carbons (Fsp3) is 0. The number of furan rings is 1. The van der Waals surface area contributed by atoms with Gasteiger partial charge in [0.1, 0.15) is 5.58 Å². The summed E-state index contributed by atoms with van der Waals surface area (Å²) in [4.78, 5) is 14.9. The fourth-order valence-corrected chi connectivity index (χ4v) is 7.75. The summed E-state index contributed by atoms with van der Waals surface area (Å²) >= 11 is 0. The van der Waals surface area contributed by atoms with E-state index in [9.17, 15) is 0 Å². The monoisotopic (exact) mass is 664 g/mol. The van der Waals surface area contributed by atoms with Crippen LogP contribution in [0.1, 0.15) is 0 Å². The van der Waals surface area contributed by atoms with Crippen molar-refractivity contribution in [1.29, 1.82) is 0 Å². The Labute approximate surface area is 298 Å². The fourth-order valence-electron chi connectivity index (χ4n) is 7.75. The quantitative estimate of drug-likeness (QED) is 0.188. The molecule has 11 rings (SSSR count). The molecule has 8 aromatic carbocycles. The molecular formula is C47H28N4O. The molecular weight excluding hydrogens is 637 g/mol. The number of fused-ring (bicyclic) bond motifs is 8. The van der Waals surface area contributed by atoms with Crippen molar-refractivity contribution in [2.24, 2.45) is 0 Å². The largest absolute Gasteiger partial charge is 0.454 e. The first-order valence-electron chi connectivity index (χ1n) is 17.4. The minimum absolute atomic E-state index is 0.610. The van der Waals surface area contributed by atoms with Gasteiger partial charge in [-0.05, 0) is 58.6 Å². The van der Waals surface area contributed by atoms with Crippen molar-refractivity contribution in [3.63, 3.8) is 0 Å². The Hall–Kier alpha value is -7.11. The first-order valence-corrected chi connectivity index (χ1v) is 17.4. The molecule has 0 unspecified atom stereocenters. The van der Waals surface area contributed by atoms with Crippen molar-refractivity contribution in [2.45, 2.75) is 0 Å². The van der Waals surface area contributed by atoms with Gasteiger partial charge in [0.15, 0.2) is 23.1 Å². The van der Waals surface area contributed by atoms with Crippen LogP contribution < -0.4 is 0 Å². The van der Waals surface area contributed by atoms with E-state index in [1.807, 2.05) is 66.7 Å². The van der Waals surface area contributed by atoms with E-state index in [4.69, 9.17) is 19.4 Å². The van der Waals surface area contributed by atoms with E-state index in [0.29, 0.717) is 17.5 Å². The lowest BCUT2D eigenvalue weighted by atomic mass is 10.0. The van der Waals surface area contributed by atoms with Gasteiger partial charge in [-0.1, -0.05) is 127 Å². The number of benzene rings is 8. The predicted molar refractivity (Wildman–Crippen MR) is 213 cm³/mol. The molecule has 52 heavy (non-hydrogen) atoms. The van der Waals surface area contributed by atoms with E-state index in [-0.39, 0.29) is 0 Å². The smallest absolute Gasteiger partial charge is 0.164 e. The average Bonchev–Trinajstić information content (AvgIpc) is 3.74. The zero-order valence-electron chi connectivity index (χ0n) is 27.9. The standard InChI is InChI=1S/C47H28N4O/c1-3-13-29(14-4-1)45-48-46(30-15-5-2-6-16-30)50-47(49-45)34-23-24-42-38(27-34)39-26-33-19-9-10-20-35(33)43(44(39)52-42)51-40-22-12-11-21-36(40)37-25-31-17-7-8-18-32(31)28-41(37)51/h1-28H. The van der Waals surface area contributed by atoms with Crippen molar-refractivity contribution >= 4 is 65.3 Å². The van der Waals surface area contributed by atoms with Gasteiger partial charge >= 0.3 is 0 Å². The molecule has 242 valence electrons. The summed E-state index contributed by atoms with van der Waals surface area (Å²) in [5.74, 6) is 1.88. The van der Waals surface area contributed by atoms with Gasteiger partial charge in [-0.2, -0.15) is 0 Å². The van der Waals surface area contributed by atoms with Crippen LogP contribution in [0.4, 0.5) is 0 Å². The van der Waals surface area contributed by atoms with Gasteiger partial charge in [0.2, 0.25) is 0 Å². The van der Waals surface area contributed by atoms with E-state index < -0.39 is 0 Å². The molecule has 0 saturated carbocycles. The number of aromatic nitrogens is 4. The van der Waals surface area contributed by atoms with Gasteiger partial charge < -0.3 is 8.98 Å². The highest BCUT2D eigenvalue weighted by Gasteiger charge is 2.22. The Balaban J connectivity index is 1.19. The molecule has 0 fully saturated rings. The van der Waals surface area contributed by atoms with Gasteiger partial charge in [0.05, 0.1) is 16.7 Å². The van der Waals surface area contributed by atoms with Crippen molar-refractivity contribution in [2.75, 3.05) is 0 Å². The molecule has 0 spiro atoms. The summed E-state index contributed by atoms with van der Waals surface area (Å²) in [5.41, 5.74) is 7.73. The normalized spacial score (nSPS) is 11.8. The minimum Gasteiger partial charge on any atom is -0.454 e. The van der Waals surface area contributed by atoms with Gasteiger partial charge in [-0.3, -0.25) is 0 Å². The number of para-hydroxylation sites is 1. The molecule has 0 amide bonds. The van der Waals surface area contributed by atoms with Crippen LogP contribution in [0.5, 0.6) is 0 Å². The molecule has 0 bridgehead atoms. The van der Waals surface area contributed by atoms with Crippen LogP contribution in [0.3, 0.4) is 0 Å². The van der Waals surface area contributed by atoms with Gasteiger partial charge in [0.25, 0.3) is 0 Å². The second kappa shape index (κ2) is 11.2. The maximum atomic E-state index is 6.90. The Morgan fingerprint density at radius 2 is 0.923 bits per heavy atom. The third-order valence-corrected chi connectivity index (χ3v) is 10.2. The molecule has 0 atom stereocenters. The lowest BCUT2D eigenvalue weighted by Crippen LogP contribution is -2.00. The summed E-state index contributed by atoms with van der Waals surface area (Å²) in [6.07, 6.45) is 0. The number of nitrogens with zero attached hydrogens (tertiary/aromatic N) is 4. The van der Waals surface area contributed by atoms with Crippen LogP contribution in [0, 0.1) is 0 Å². The van der Waals surface area contributed by atoms with E-state index in [1.165, 1.54) is 21.5 Å². The molecule has 0 N–H and O–H groups in total. The molecule has 0 saturated heterocycles. The highest BCUT2D eigenvalue weighted by Crippen LogP contribution is 2.43. The highest BCUT2D eigenvalue weighted by atomic mass is 16.3. The molecule has 3 heterocycles. The number of hydrogen-bond donors (Lipinski definition) is 0. The third-order valence-electron chi connectivity index (χ3n) is 10.2. The van der Waals surface area contributed by atoms with Crippen molar-refractivity contribution in [1.82, 2.24) is 19.5 Å². The molecule has 0 radical (unpaired) electrons. The summed E-state index contributed by atoms with van der Waals surface area (Å²) in [5, 5.41) is 9.16.